The number of hydrogen-bond donors (Lipinski definition) is 0. The normalized spacial score (nSPS) is 7.87. The first-order valence-electron chi connectivity index (χ1n) is 5.35. The molecule has 0 fully saturated rings. The SMILES string of the molecule is CCCCCC.CCOC(C)=O.ClCCl. The second kappa shape index (κ2) is 23.7. The van der Waals surface area contributed by atoms with Crippen molar-refractivity contribution in [2.45, 2.75) is 53.4 Å². The van der Waals surface area contributed by atoms with Gasteiger partial charge in [-0.2, -0.15) is 0 Å². The molecule has 4 heteroatoms. The highest BCUT2D eigenvalue weighted by Gasteiger charge is 1.81. The van der Waals surface area contributed by atoms with E-state index in [9.17, 15) is 4.79 Å². The molecule has 0 aliphatic heterocycles. The van der Waals surface area contributed by atoms with Crippen LogP contribution in [0.1, 0.15) is 53.4 Å². The van der Waals surface area contributed by atoms with Crippen LogP contribution in [0.4, 0.5) is 0 Å². The molecule has 0 aliphatic rings. The quantitative estimate of drug-likeness (QED) is 0.419. The summed E-state index contributed by atoms with van der Waals surface area (Å²) in [5.74, 6) is -0.211. The maximum atomic E-state index is 9.82. The summed E-state index contributed by atoms with van der Waals surface area (Å²) >= 11 is 9.53. The molecule has 0 saturated carbocycles. The van der Waals surface area contributed by atoms with E-state index in [1.165, 1.54) is 32.6 Å². The zero-order valence-corrected chi connectivity index (χ0v) is 11.8. The smallest absolute Gasteiger partial charge is 0.302 e. The number of carbonyl (C=O) groups excluding carboxylic acids is 1. The zero-order chi connectivity index (χ0) is 12.5. The van der Waals surface area contributed by atoms with Crippen LogP contribution < -0.4 is 0 Å². The van der Waals surface area contributed by atoms with Crippen LogP contribution in [-0.4, -0.2) is 17.9 Å². The lowest BCUT2D eigenvalue weighted by atomic mass is 10.2. The number of halogens is 2. The fraction of sp³-hybridized carbons (Fsp3) is 0.909. The molecule has 0 aliphatic carbocycles. The third kappa shape index (κ3) is 55.7. The summed E-state index contributed by atoms with van der Waals surface area (Å²) in [6.45, 7) is 8.12. The summed E-state index contributed by atoms with van der Waals surface area (Å²) in [7, 11) is 0. The molecule has 0 aromatic rings. The van der Waals surface area contributed by atoms with Crippen LogP contribution in [-0.2, 0) is 9.53 Å². The molecule has 0 aromatic heterocycles. The molecule has 2 nitrogen and oxygen atoms in total. The fourth-order valence-corrected chi connectivity index (χ4v) is 0.703. The third-order valence-electron chi connectivity index (χ3n) is 1.30. The topological polar surface area (TPSA) is 26.3 Å². The Bertz CT molecular complexity index is 105. The van der Waals surface area contributed by atoms with Crippen LogP contribution >= 0.6 is 23.2 Å². The molecular formula is C11H24Cl2O2. The average Bonchev–Trinajstić information content (AvgIpc) is 2.16. The molecule has 0 radical (unpaired) electrons. The number of unbranched alkanes of at least 4 members (excludes halogenated alkanes) is 3. The largest absolute Gasteiger partial charge is 0.466 e. The summed E-state index contributed by atoms with van der Waals surface area (Å²) in [6, 6.07) is 0. The van der Waals surface area contributed by atoms with E-state index in [1.54, 1.807) is 6.92 Å². The molecule has 0 heterocycles. The fourth-order valence-electron chi connectivity index (χ4n) is 0.703. The first kappa shape index (κ1) is 20.5. The molecule has 0 atom stereocenters. The Morgan fingerprint density at radius 2 is 1.40 bits per heavy atom. The molecule has 0 saturated heterocycles. The lowest BCUT2D eigenvalue weighted by Gasteiger charge is -1.89. The van der Waals surface area contributed by atoms with Crippen LogP contribution in [0, 0.1) is 0 Å². The number of ether oxygens (including phenoxy) is 1. The highest BCUT2D eigenvalue weighted by atomic mass is 35.5. The lowest BCUT2D eigenvalue weighted by molar-refractivity contribution is -0.140. The summed E-state index contributed by atoms with van der Waals surface area (Å²) in [4.78, 5) is 9.82. The van der Waals surface area contributed by atoms with Gasteiger partial charge >= 0.3 is 5.97 Å². The number of esters is 1. The lowest BCUT2D eigenvalue weighted by Crippen LogP contribution is -1.95. The van der Waals surface area contributed by atoms with Gasteiger partial charge in [-0.25, -0.2) is 0 Å². The third-order valence-corrected chi connectivity index (χ3v) is 1.30. The number of carbonyl (C=O) groups is 1. The minimum absolute atomic E-state index is 0.194. The molecule has 15 heavy (non-hydrogen) atoms. The predicted molar refractivity (Wildman–Crippen MR) is 68.7 cm³/mol. The summed E-state index contributed by atoms with van der Waals surface area (Å²) < 4.78 is 4.40. The van der Waals surface area contributed by atoms with E-state index in [0.717, 1.165) is 0 Å². The monoisotopic (exact) mass is 258 g/mol. The summed E-state index contributed by atoms with van der Waals surface area (Å²) in [6.07, 6.45) is 5.54. The van der Waals surface area contributed by atoms with Gasteiger partial charge in [0, 0.05) is 6.92 Å². The van der Waals surface area contributed by atoms with Gasteiger partial charge < -0.3 is 4.74 Å². The van der Waals surface area contributed by atoms with Gasteiger partial charge in [0.1, 0.15) is 0 Å². The Balaban J connectivity index is -0.000000153. The van der Waals surface area contributed by atoms with Crippen LogP contribution in [0.25, 0.3) is 0 Å². The van der Waals surface area contributed by atoms with Gasteiger partial charge in [0.25, 0.3) is 0 Å². The van der Waals surface area contributed by atoms with Crippen molar-refractivity contribution < 1.29 is 9.53 Å². The van der Waals surface area contributed by atoms with Gasteiger partial charge in [0.2, 0.25) is 0 Å². The van der Waals surface area contributed by atoms with E-state index in [0.29, 0.717) is 6.61 Å². The van der Waals surface area contributed by atoms with E-state index in [4.69, 9.17) is 23.2 Å². The van der Waals surface area contributed by atoms with Crippen molar-refractivity contribution in [1.82, 2.24) is 0 Å². The van der Waals surface area contributed by atoms with Gasteiger partial charge in [0.05, 0.1) is 11.9 Å². The molecule has 0 unspecified atom stereocenters. The van der Waals surface area contributed by atoms with Crippen LogP contribution in [0.15, 0.2) is 0 Å². The van der Waals surface area contributed by atoms with Crippen LogP contribution in [0.3, 0.4) is 0 Å². The van der Waals surface area contributed by atoms with Crippen molar-refractivity contribution >= 4 is 29.2 Å². The molecule has 0 N–H and O–H groups in total. The highest BCUT2D eigenvalue weighted by molar-refractivity contribution is 6.40. The number of alkyl halides is 2. The maximum absolute atomic E-state index is 9.82. The van der Waals surface area contributed by atoms with Crippen molar-refractivity contribution in [3.63, 3.8) is 0 Å². The van der Waals surface area contributed by atoms with Crippen molar-refractivity contribution in [2.75, 3.05) is 11.9 Å². The summed E-state index contributed by atoms with van der Waals surface area (Å²) in [5.41, 5.74) is 0. The predicted octanol–water partition coefficient (Wildman–Crippen LogP) is 4.58. The highest BCUT2D eigenvalue weighted by Crippen LogP contribution is 1.95. The Kier molecular flexibility index (Phi) is 32.3. The first-order valence-corrected chi connectivity index (χ1v) is 6.42. The molecule has 0 bridgehead atoms. The molecule has 0 amide bonds. The molecule has 0 aromatic carbocycles. The maximum Gasteiger partial charge on any atom is 0.302 e. The van der Waals surface area contributed by atoms with Gasteiger partial charge in [-0.1, -0.05) is 39.5 Å². The first-order chi connectivity index (χ1) is 7.10. The van der Waals surface area contributed by atoms with E-state index in [-0.39, 0.29) is 11.3 Å². The van der Waals surface area contributed by atoms with Gasteiger partial charge in [-0.05, 0) is 6.92 Å². The second-order valence-corrected chi connectivity index (χ2v) is 3.54. The van der Waals surface area contributed by atoms with E-state index in [1.807, 2.05) is 0 Å². The van der Waals surface area contributed by atoms with E-state index < -0.39 is 0 Å². The minimum atomic E-state index is -0.211. The molecule has 94 valence electrons. The van der Waals surface area contributed by atoms with Crippen molar-refractivity contribution in [2.24, 2.45) is 0 Å². The number of hydrogen-bond acceptors (Lipinski definition) is 2. The molecule has 0 spiro atoms. The van der Waals surface area contributed by atoms with Gasteiger partial charge in [-0.3, -0.25) is 4.79 Å². The Morgan fingerprint density at radius 3 is 1.47 bits per heavy atom. The van der Waals surface area contributed by atoms with E-state index >= 15 is 0 Å². The van der Waals surface area contributed by atoms with Crippen molar-refractivity contribution in [3.05, 3.63) is 0 Å². The van der Waals surface area contributed by atoms with Crippen molar-refractivity contribution in [1.29, 1.82) is 0 Å². The van der Waals surface area contributed by atoms with Gasteiger partial charge in [0.15, 0.2) is 0 Å². The molecular weight excluding hydrogens is 235 g/mol. The standard InChI is InChI=1S/C6H14.C4H8O2.CH2Cl2/c1-3-5-6-4-2;1-3-6-4(2)5;2-1-3/h3-6H2,1-2H3;3H2,1-2H3;1H2. The van der Waals surface area contributed by atoms with Crippen LogP contribution in [0.5, 0.6) is 0 Å². The minimum Gasteiger partial charge on any atom is -0.466 e. The summed E-state index contributed by atoms with van der Waals surface area (Å²) in [5, 5.41) is 0.194. The Labute approximate surface area is 104 Å². The Morgan fingerprint density at radius 1 is 1.07 bits per heavy atom. The van der Waals surface area contributed by atoms with Crippen LogP contribution in [0.2, 0.25) is 0 Å². The average molecular weight is 259 g/mol. The second-order valence-electron chi connectivity index (χ2n) is 2.73. The van der Waals surface area contributed by atoms with Crippen molar-refractivity contribution in [3.8, 4) is 0 Å². The molecule has 0 rings (SSSR count). The zero-order valence-electron chi connectivity index (χ0n) is 10.3. The van der Waals surface area contributed by atoms with Gasteiger partial charge in [-0.15, -0.1) is 23.2 Å². The van der Waals surface area contributed by atoms with E-state index in [2.05, 4.69) is 18.6 Å². The Hall–Kier alpha value is 0.0500. The number of rotatable bonds is 4.